The summed E-state index contributed by atoms with van der Waals surface area (Å²) in [5, 5.41) is 2.46. The maximum absolute atomic E-state index is 12.2. The number of amides is 1. The second kappa shape index (κ2) is 7.96. The molecule has 144 valence electrons. The molecule has 2 aromatic rings. The van der Waals surface area contributed by atoms with Crippen LogP contribution in [0.15, 0.2) is 27.8 Å². The molecule has 11 heteroatoms. The van der Waals surface area contributed by atoms with E-state index in [4.69, 9.17) is 26.8 Å². The molecule has 10 nitrogen and oxygen atoms in total. The Labute approximate surface area is 158 Å². The van der Waals surface area contributed by atoms with E-state index < -0.39 is 29.7 Å². The van der Waals surface area contributed by atoms with E-state index in [2.05, 4.69) is 5.32 Å². The molecule has 1 heterocycles. The molecule has 2 rings (SSSR count). The van der Waals surface area contributed by atoms with Gasteiger partial charge in [-0.05, 0) is 6.07 Å². The molecule has 0 bridgehead atoms. The third-order valence-electron chi connectivity index (χ3n) is 3.67. The van der Waals surface area contributed by atoms with Crippen molar-refractivity contribution in [2.75, 3.05) is 24.8 Å². The fraction of sp³-hybridized carbons (Fsp3) is 0.250. The van der Waals surface area contributed by atoms with Crippen molar-refractivity contribution in [3.05, 3.63) is 49.6 Å². The van der Waals surface area contributed by atoms with Crippen LogP contribution in [0, 0.1) is 0 Å². The molecule has 0 aliphatic rings. The molecule has 1 amide bonds. The van der Waals surface area contributed by atoms with Gasteiger partial charge in [0.1, 0.15) is 17.1 Å². The molecule has 1 aromatic heterocycles. The van der Waals surface area contributed by atoms with E-state index in [9.17, 15) is 19.2 Å². The minimum Gasteiger partial charge on any atom is -0.496 e. The molecule has 3 N–H and O–H groups in total. The minimum absolute atomic E-state index is 0.00881. The number of nitrogens with two attached hydrogens (primary N) is 1. The van der Waals surface area contributed by atoms with E-state index in [0.717, 1.165) is 15.2 Å². The second-order valence-electron chi connectivity index (χ2n) is 5.47. The van der Waals surface area contributed by atoms with Crippen LogP contribution in [0.1, 0.15) is 10.4 Å². The summed E-state index contributed by atoms with van der Waals surface area (Å²) in [4.78, 5) is 47.6. The third-order valence-corrected chi connectivity index (χ3v) is 3.99. The summed E-state index contributed by atoms with van der Waals surface area (Å²) in [6, 6.07) is 3.69. The predicted octanol–water partition coefficient (Wildman–Crippen LogP) is 0.124. The molecule has 0 atom stereocenters. The van der Waals surface area contributed by atoms with Gasteiger partial charge in [-0.1, -0.05) is 11.6 Å². The molecule has 0 fully saturated rings. The van der Waals surface area contributed by atoms with Crippen molar-refractivity contribution in [1.82, 2.24) is 9.13 Å². The number of carbonyl (C=O) groups is 2. The Morgan fingerprint density at radius 1 is 1.19 bits per heavy atom. The molecule has 0 saturated carbocycles. The highest BCUT2D eigenvalue weighted by molar-refractivity contribution is 6.33. The zero-order valence-electron chi connectivity index (χ0n) is 14.7. The van der Waals surface area contributed by atoms with Crippen LogP contribution in [0.25, 0.3) is 0 Å². The Hall–Kier alpha value is -3.27. The topological polar surface area (TPSA) is 135 Å². The molecule has 0 aliphatic carbocycles. The number of benzene rings is 1. The summed E-state index contributed by atoms with van der Waals surface area (Å²) in [6.45, 7) is -0.659. The number of nitrogen functional groups attached to an aromatic ring is 1. The Kier molecular flexibility index (Phi) is 5.91. The Bertz CT molecular complexity index is 1030. The van der Waals surface area contributed by atoms with Crippen LogP contribution in [-0.4, -0.2) is 34.7 Å². The number of methoxy groups -OCH3 is 1. The fourth-order valence-electron chi connectivity index (χ4n) is 2.14. The quantitative estimate of drug-likeness (QED) is 0.541. The Morgan fingerprint density at radius 3 is 2.48 bits per heavy atom. The zero-order chi connectivity index (χ0) is 20.3. The highest BCUT2D eigenvalue weighted by atomic mass is 35.5. The van der Waals surface area contributed by atoms with Gasteiger partial charge in [-0.15, -0.1) is 0 Å². The van der Waals surface area contributed by atoms with Gasteiger partial charge in [0.25, 0.3) is 11.5 Å². The molecule has 0 radical (unpaired) electrons. The van der Waals surface area contributed by atoms with E-state index in [0.29, 0.717) is 0 Å². The largest absolute Gasteiger partial charge is 0.496 e. The number of nitrogens with zero attached hydrogens (tertiary/aromatic N) is 2. The first-order chi connectivity index (χ1) is 12.6. The first-order valence-electron chi connectivity index (χ1n) is 7.52. The van der Waals surface area contributed by atoms with Crippen LogP contribution in [-0.2, 0) is 23.6 Å². The number of halogens is 1. The van der Waals surface area contributed by atoms with E-state index in [1.165, 1.54) is 33.3 Å². The third kappa shape index (κ3) is 4.29. The smallest absolute Gasteiger partial charge is 0.342 e. The molecule has 0 unspecified atom stereocenters. The highest BCUT2D eigenvalue weighted by Crippen LogP contribution is 2.29. The number of esters is 1. The van der Waals surface area contributed by atoms with Crippen molar-refractivity contribution in [3.8, 4) is 5.75 Å². The lowest BCUT2D eigenvalue weighted by Gasteiger charge is -2.12. The van der Waals surface area contributed by atoms with Crippen molar-refractivity contribution >= 4 is 35.0 Å². The number of rotatable bonds is 5. The van der Waals surface area contributed by atoms with Gasteiger partial charge >= 0.3 is 11.7 Å². The summed E-state index contributed by atoms with van der Waals surface area (Å²) >= 11 is 5.89. The van der Waals surface area contributed by atoms with Crippen molar-refractivity contribution in [3.63, 3.8) is 0 Å². The molecule has 1 aromatic carbocycles. The highest BCUT2D eigenvalue weighted by Gasteiger charge is 2.18. The van der Waals surface area contributed by atoms with Crippen molar-refractivity contribution in [2.45, 2.75) is 0 Å². The summed E-state index contributed by atoms with van der Waals surface area (Å²) in [6.07, 6.45) is 0. The van der Waals surface area contributed by atoms with Crippen molar-refractivity contribution < 1.29 is 19.1 Å². The van der Waals surface area contributed by atoms with E-state index in [-0.39, 0.29) is 27.8 Å². The van der Waals surface area contributed by atoms with E-state index in [1.807, 2.05) is 0 Å². The molecule has 0 spiro atoms. The molecule has 27 heavy (non-hydrogen) atoms. The van der Waals surface area contributed by atoms with Crippen LogP contribution >= 0.6 is 11.6 Å². The van der Waals surface area contributed by atoms with Gasteiger partial charge < -0.3 is 20.5 Å². The number of anilines is 2. The Morgan fingerprint density at radius 2 is 1.85 bits per heavy atom. The van der Waals surface area contributed by atoms with Crippen LogP contribution < -0.4 is 27.0 Å². The Balaban J connectivity index is 2.11. The van der Waals surface area contributed by atoms with Crippen LogP contribution in [0.5, 0.6) is 5.75 Å². The van der Waals surface area contributed by atoms with E-state index >= 15 is 0 Å². The summed E-state index contributed by atoms with van der Waals surface area (Å²) in [7, 11) is 4.02. The van der Waals surface area contributed by atoms with Gasteiger partial charge in [0.05, 0.1) is 17.8 Å². The maximum Gasteiger partial charge on any atom is 0.342 e. The fourth-order valence-corrected chi connectivity index (χ4v) is 2.30. The van der Waals surface area contributed by atoms with Gasteiger partial charge in [0, 0.05) is 26.2 Å². The first-order valence-corrected chi connectivity index (χ1v) is 7.90. The maximum atomic E-state index is 12.2. The monoisotopic (exact) mass is 396 g/mol. The molecule has 0 aliphatic heterocycles. The summed E-state index contributed by atoms with van der Waals surface area (Å²) in [5.41, 5.74) is 4.64. The van der Waals surface area contributed by atoms with Crippen LogP contribution in [0.4, 0.5) is 11.5 Å². The molecular weight excluding hydrogens is 380 g/mol. The summed E-state index contributed by atoms with van der Waals surface area (Å²) in [5.74, 6) is -1.50. The first kappa shape index (κ1) is 20.0. The SMILES string of the molecule is COc1cc(N)c(Cl)cc1C(=O)OCC(=O)Nc1cc(=O)n(C)c(=O)n1C. The number of aromatic nitrogens is 2. The lowest BCUT2D eigenvalue weighted by Crippen LogP contribution is -2.38. The minimum atomic E-state index is -0.859. The average molecular weight is 397 g/mol. The van der Waals surface area contributed by atoms with Crippen molar-refractivity contribution in [1.29, 1.82) is 0 Å². The zero-order valence-corrected chi connectivity index (χ0v) is 15.5. The number of hydrogen-bond acceptors (Lipinski definition) is 7. The van der Waals surface area contributed by atoms with Gasteiger partial charge in [0.15, 0.2) is 6.61 Å². The van der Waals surface area contributed by atoms with E-state index in [1.54, 1.807) is 0 Å². The van der Waals surface area contributed by atoms with Crippen LogP contribution in [0.2, 0.25) is 5.02 Å². The number of ether oxygens (including phenoxy) is 2. The number of nitrogens with one attached hydrogen (secondary N) is 1. The van der Waals surface area contributed by atoms with Gasteiger partial charge in [0.2, 0.25) is 0 Å². The number of carbonyl (C=O) groups excluding carboxylic acids is 2. The predicted molar refractivity (Wildman–Crippen MR) is 98.3 cm³/mol. The van der Waals surface area contributed by atoms with Crippen molar-refractivity contribution in [2.24, 2.45) is 14.1 Å². The lowest BCUT2D eigenvalue weighted by molar-refractivity contribution is -0.119. The molecule has 0 saturated heterocycles. The number of hydrogen-bond donors (Lipinski definition) is 2. The average Bonchev–Trinajstić information content (AvgIpc) is 2.64. The normalized spacial score (nSPS) is 10.4. The summed E-state index contributed by atoms with van der Waals surface area (Å²) < 4.78 is 11.9. The van der Waals surface area contributed by atoms with Gasteiger partial charge in [-0.3, -0.25) is 18.7 Å². The lowest BCUT2D eigenvalue weighted by atomic mass is 10.2. The van der Waals surface area contributed by atoms with Gasteiger partial charge in [-0.2, -0.15) is 0 Å². The van der Waals surface area contributed by atoms with Gasteiger partial charge in [-0.25, -0.2) is 9.59 Å². The van der Waals surface area contributed by atoms with Crippen LogP contribution in [0.3, 0.4) is 0 Å². The standard InChI is InChI=1S/C16H17ClN4O6/c1-20-12(6-14(23)21(2)16(20)25)19-13(22)7-27-15(24)8-4-9(17)10(18)5-11(8)26-3/h4-6H,7,18H2,1-3H3,(H,19,22). The second-order valence-corrected chi connectivity index (χ2v) is 5.87. The molecular formula is C16H17ClN4O6.